The summed E-state index contributed by atoms with van der Waals surface area (Å²) in [5.41, 5.74) is 23.8. The van der Waals surface area contributed by atoms with Gasteiger partial charge in [0.2, 0.25) is 0 Å². The molecule has 0 aliphatic heterocycles. The molecule has 0 saturated carbocycles. The first-order valence-electron chi connectivity index (χ1n) is 48.0. The van der Waals surface area contributed by atoms with E-state index in [-0.39, 0.29) is 40.5 Å². The zero-order chi connectivity index (χ0) is 96.4. The van der Waals surface area contributed by atoms with Crippen LogP contribution in [-0.4, -0.2) is 29.9 Å². The number of ketones is 3. The fourth-order valence-electron chi connectivity index (χ4n) is 20.8. The van der Waals surface area contributed by atoms with Crippen LogP contribution in [0.1, 0.15) is 280 Å². The number of fused-ring (bicyclic) bond motifs is 13. The second kappa shape index (κ2) is 42.3. The lowest BCUT2D eigenvalue weighted by molar-refractivity contribution is 0.100. The van der Waals surface area contributed by atoms with Crippen molar-refractivity contribution in [3.63, 3.8) is 0 Å². The zero-order valence-electron chi connectivity index (χ0n) is 77.9. The first-order valence-corrected chi connectivity index (χ1v) is 52.9. The Morgan fingerprint density at radius 3 is 1.04 bits per heavy atom. The van der Waals surface area contributed by atoms with Crippen molar-refractivity contribution in [2.75, 3.05) is 0 Å². The van der Waals surface area contributed by atoms with Gasteiger partial charge in [0.15, 0.2) is 29.9 Å². The molecule has 0 amide bonds. The van der Waals surface area contributed by atoms with Crippen LogP contribution in [0.2, 0.25) is 0 Å². The number of allylic oxidation sites excluding steroid dienone is 8. The van der Waals surface area contributed by atoms with Crippen molar-refractivity contribution in [2.45, 2.75) is 173 Å². The second-order valence-electron chi connectivity index (χ2n) is 36.0. The Morgan fingerprint density at radius 1 is 0.324 bits per heavy atom. The molecular formula is C122H98N6O5S6. The monoisotopic (exact) mass is 1920 g/mol. The van der Waals surface area contributed by atoms with E-state index in [4.69, 9.17) is 10.5 Å². The Bertz CT molecular complexity index is 7670. The van der Waals surface area contributed by atoms with Crippen molar-refractivity contribution in [2.24, 2.45) is 0 Å². The molecule has 139 heavy (non-hydrogen) atoms. The van der Waals surface area contributed by atoms with Crippen molar-refractivity contribution < 1.29 is 24.0 Å². The number of nitrogens with zero attached hydrogens (tertiary/aromatic N) is 6. The van der Waals surface area contributed by atoms with E-state index in [1.54, 1.807) is 105 Å². The number of hydrogen-bond acceptors (Lipinski definition) is 17. The van der Waals surface area contributed by atoms with Gasteiger partial charge in [0.05, 0.1) is 30.0 Å². The summed E-state index contributed by atoms with van der Waals surface area (Å²) in [6.45, 7) is 9.01. The molecule has 0 radical (unpaired) electrons. The molecule has 0 N–H and O–H groups in total. The van der Waals surface area contributed by atoms with Crippen molar-refractivity contribution in [1.82, 2.24) is 0 Å². The third-order valence-electron chi connectivity index (χ3n) is 27.6. The van der Waals surface area contributed by atoms with Crippen molar-refractivity contribution in [3.05, 3.63) is 390 Å². The predicted molar refractivity (Wildman–Crippen MR) is 570 cm³/mol. The van der Waals surface area contributed by atoms with Crippen molar-refractivity contribution >= 4 is 146 Å². The Morgan fingerprint density at radius 2 is 0.669 bits per heavy atom. The number of aryl methyl sites for hydroxylation is 4. The molecule has 6 aromatic heterocycles. The van der Waals surface area contributed by atoms with Crippen LogP contribution in [0.25, 0.3) is 89.4 Å². The minimum absolute atomic E-state index is 0.0244. The van der Waals surface area contributed by atoms with Gasteiger partial charge in [-0.3, -0.25) is 24.0 Å². The molecule has 6 heterocycles. The summed E-state index contributed by atoms with van der Waals surface area (Å²) in [5, 5.41) is 57.8. The molecular weight excluding hydrogens is 1820 g/mol. The van der Waals surface area contributed by atoms with E-state index in [0.717, 1.165) is 123 Å². The molecule has 0 atom stereocenters. The number of thiophene rings is 6. The number of aldehydes is 2. The van der Waals surface area contributed by atoms with Crippen molar-refractivity contribution in [1.29, 1.82) is 31.6 Å². The van der Waals surface area contributed by atoms with Crippen LogP contribution < -0.4 is 0 Å². The summed E-state index contributed by atoms with van der Waals surface area (Å²) in [6.07, 6.45) is 29.5. The highest BCUT2D eigenvalue weighted by atomic mass is 32.1. The highest BCUT2D eigenvalue weighted by Crippen LogP contribution is 2.65. The topological polar surface area (TPSA) is 228 Å². The van der Waals surface area contributed by atoms with Crippen LogP contribution >= 0.6 is 68.0 Å². The fraction of sp³-hybridized carbons (Fsp3) is 0.221. The summed E-state index contributed by atoms with van der Waals surface area (Å²) in [7, 11) is 0. The van der Waals surface area contributed by atoms with Gasteiger partial charge >= 0.3 is 0 Å². The molecule has 9 aromatic carbocycles. The number of Topliss-reactive ketones (excluding diaryl/α,β-unsaturated/α-hetero) is 3. The molecule has 0 bridgehead atoms. The van der Waals surface area contributed by atoms with Crippen LogP contribution in [0, 0.1) is 68.0 Å². The molecule has 5 aliphatic rings. The lowest BCUT2D eigenvalue weighted by Gasteiger charge is -2.34. The standard InChI is InChI=1S/C67H50N4O2S3.C43H42O2S3.C12H6N2O/c1-3-5-7-9-15-41-21-26-46(27-22-41)67(47-28-23-42(24-29-47)16-10-8-6-4-2)57-33-43(58-32-30-48(74-58)34-55-60(44(37-68)38-69)50-17-11-13-19-52(50)63(55)72)25-31-54(57)65-62(67)66-59(76-65)36-49(75-66)35-56-61(45(39-70)40-71)51-18-12-14-20-53(51)64(56)73;1-3-5-7-9-11-29-13-18-32(19-14-29)43(33-20-15-30(16-21-33)12-10-8-6-4-2)37-25-31(38-24-22-34(27-44)46-38)17-23-36(37)41-40(43)42-39(48-41)26-35(28-45)47-42;13-6-8(7-14)11-5-12(15)10-4-2-1-3-9(10)11/h11-14,17-36H,3-10,15-16H2,1-2H3;13-28H,3-12H2,1-2H3;1-4H,5H2/b55-34-,56-35-;;. The minimum atomic E-state index is -0.760. The lowest BCUT2D eigenvalue weighted by atomic mass is 9.67. The maximum Gasteiger partial charge on any atom is 0.194 e. The van der Waals surface area contributed by atoms with Gasteiger partial charge in [-0.2, -0.15) is 31.6 Å². The molecule has 682 valence electrons. The summed E-state index contributed by atoms with van der Waals surface area (Å²) < 4.78 is 4.61. The molecule has 0 saturated heterocycles. The Hall–Kier alpha value is -14.3. The molecule has 0 unspecified atom stereocenters. The number of carbonyl (C=O) groups excluding carboxylic acids is 5. The fourth-order valence-corrected chi connectivity index (χ4v) is 27.9. The number of benzene rings is 9. The highest BCUT2D eigenvalue weighted by Gasteiger charge is 2.52. The third-order valence-corrected chi connectivity index (χ3v) is 34.5. The summed E-state index contributed by atoms with van der Waals surface area (Å²) in [5.74, 6) is -0.432. The molecule has 0 spiro atoms. The second-order valence-corrected chi connectivity index (χ2v) is 42.5. The zero-order valence-corrected chi connectivity index (χ0v) is 82.8. The van der Waals surface area contributed by atoms with Gasteiger partial charge in [0, 0.05) is 95.2 Å². The van der Waals surface area contributed by atoms with Gasteiger partial charge < -0.3 is 0 Å². The van der Waals surface area contributed by atoms with Gasteiger partial charge in [0.25, 0.3) is 0 Å². The number of carbonyl (C=O) groups is 5. The Labute approximate surface area is 836 Å². The van der Waals surface area contributed by atoms with Gasteiger partial charge in [-0.15, -0.1) is 68.0 Å². The van der Waals surface area contributed by atoms with Crippen LogP contribution in [0.15, 0.2) is 271 Å². The molecule has 5 aliphatic carbocycles. The number of rotatable bonds is 30. The van der Waals surface area contributed by atoms with E-state index < -0.39 is 10.8 Å². The van der Waals surface area contributed by atoms with Crippen LogP contribution in [-0.2, 0) is 36.5 Å². The average Bonchev–Trinajstić information content (AvgIpc) is 1.52. The van der Waals surface area contributed by atoms with Crippen LogP contribution in [0.5, 0.6) is 0 Å². The van der Waals surface area contributed by atoms with E-state index >= 15 is 0 Å². The first-order chi connectivity index (χ1) is 68.1. The lowest BCUT2D eigenvalue weighted by Crippen LogP contribution is -2.28. The molecule has 17 heteroatoms. The Kier molecular flexibility index (Phi) is 28.9. The highest BCUT2D eigenvalue weighted by molar-refractivity contribution is 7.31. The van der Waals surface area contributed by atoms with E-state index in [9.17, 15) is 45.0 Å². The number of hydrogen-bond donors (Lipinski definition) is 0. The van der Waals surface area contributed by atoms with E-state index in [1.165, 1.54) is 170 Å². The van der Waals surface area contributed by atoms with Gasteiger partial charge in [-0.1, -0.05) is 299 Å². The summed E-state index contributed by atoms with van der Waals surface area (Å²) >= 11 is 9.94. The van der Waals surface area contributed by atoms with Crippen LogP contribution in [0.4, 0.5) is 0 Å². The van der Waals surface area contributed by atoms with Gasteiger partial charge in [-0.05, 0) is 212 Å². The normalized spacial score (nSPS) is 14.0. The first kappa shape index (κ1) is 95.0. The summed E-state index contributed by atoms with van der Waals surface area (Å²) in [6, 6.07) is 96.7. The van der Waals surface area contributed by atoms with Gasteiger partial charge in [0.1, 0.15) is 53.1 Å². The molecule has 11 nitrogen and oxygen atoms in total. The predicted octanol–water partition coefficient (Wildman–Crippen LogP) is 32.5. The Balaban J connectivity index is 0.000000171. The molecule has 15 aromatic rings. The smallest absolute Gasteiger partial charge is 0.194 e. The summed E-state index contributed by atoms with van der Waals surface area (Å²) in [4.78, 5) is 71.1. The van der Waals surface area contributed by atoms with Crippen molar-refractivity contribution in [3.8, 4) is 78.2 Å². The van der Waals surface area contributed by atoms with E-state index in [2.05, 4.69) is 198 Å². The average molecular weight is 1920 g/mol. The van der Waals surface area contributed by atoms with E-state index in [1.807, 2.05) is 84.2 Å². The number of unbranched alkanes of at least 4 members (excludes halogenated alkanes) is 12. The quantitative estimate of drug-likeness (QED) is 0.0178. The third kappa shape index (κ3) is 18.0. The SMILES string of the molecule is CCCCCCc1ccc(C2(c3ccc(CCCCCC)cc3)c3cc(-c4ccc(/C=C5\C(=O)c6ccccc6C5=C(C#N)C#N)s4)ccc3-c3sc4cc(/C=C5\C(=O)c6ccccc6C5=C(C#N)C#N)sc4c32)cc1.CCCCCCc1ccc(C2(c3ccc(CCCCCC)cc3)c3cc(-c4ccc(C=O)s4)ccc3-c3sc4cc(C=O)sc4c32)cc1.N#CC(C#N)=C1CC(=O)c2ccccc21. The minimum Gasteiger partial charge on any atom is -0.297 e. The molecule has 0 fully saturated rings. The number of nitriles is 6. The van der Waals surface area contributed by atoms with Gasteiger partial charge in [-0.25, -0.2) is 0 Å². The van der Waals surface area contributed by atoms with E-state index in [0.29, 0.717) is 55.7 Å². The molecule has 20 rings (SSSR count). The van der Waals surface area contributed by atoms with Crippen LogP contribution in [0.3, 0.4) is 0 Å². The maximum absolute atomic E-state index is 14.2. The maximum atomic E-state index is 14.2. The largest absolute Gasteiger partial charge is 0.297 e.